The molecule has 0 aliphatic heterocycles. The van der Waals surface area contributed by atoms with Crippen LogP contribution in [0.1, 0.15) is 10.4 Å². The maximum Gasteiger partial charge on any atom is 0.490 e. The second-order valence-electron chi connectivity index (χ2n) is 6.96. The summed E-state index contributed by atoms with van der Waals surface area (Å²) < 4.78 is 31.7. The minimum Gasteiger partial charge on any atom is -0.475 e. The monoisotopic (exact) mass is 482 g/mol. The minimum absolute atomic E-state index is 0.189. The number of carboxylic acids is 1. The van der Waals surface area contributed by atoms with E-state index in [4.69, 9.17) is 9.90 Å². The Morgan fingerprint density at radius 2 is 1.88 bits per heavy atom. The second-order valence-corrected chi connectivity index (χ2v) is 6.96. The van der Waals surface area contributed by atoms with Gasteiger partial charge in [-0.3, -0.25) is 14.7 Å². The lowest BCUT2D eigenvalue weighted by molar-refractivity contribution is -0.192. The number of pyridine rings is 1. The number of carbonyl (C=O) groups is 3. The molecule has 14 heteroatoms. The molecule has 0 unspecified atom stereocenters. The number of aromatic amines is 1. The van der Waals surface area contributed by atoms with Gasteiger partial charge in [-0.2, -0.15) is 18.3 Å². The zero-order valence-electron chi connectivity index (χ0n) is 17.9. The smallest absolute Gasteiger partial charge is 0.475 e. The van der Waals surface area contributed by atoms with Crippen molar-refractivity contribution in [1.29, 1.82) is 0 Å². The maximum atomic E-state index is 12.5. The number of carboxylic acid groups (broad SMARTS) is 1. The number of likely N-dealkylation sites (N-methyl/N-ethyl adjacent to an activating group) is 1. The molecule has 2 heterocycles. The number of halogens is 3. The van der Waals surface area contributed by atoms with E-state index in [0.29, 0.717) is 11.4 Å². The first-order valence-corrected chi connectivity index (χ1v) is 9.53. The molecule has 0 saturated carbocycles. The summed E-state index contributed by atoms with van der Waals surface area (Å²) >= 11 is 0. The molecule has 0 aliphatic rings. The number of nitrogens with zero attached hydrogens (tertiary/aromatic N) is 3. The number of aromatic nitrogens is 3. The van der Waals surface area contributed by atoms with Crippen LogP contribution in [0.15, 0.2) is 42.7 Å². The number of rotatable bonds is 6. The number of alkyl halides is 3. The van der Waals surface area contributed by atoms with E-state index in [1.807, 2.05) is 18.2 Å². The van der Waals surface area contributed by atoms with E-state index in [9.17, 15) is 27.9 Å². The molecule has 1 aromatic carbocycles. The number of aliphatic hydroxyl groups is 1. The molecule has 5 N–H and O–H groups in total. The van der Waals surface area contributed by atoms with Crippen LogP contribution in [-0.2, 0) is 9.59 Å². The van der Waals surface area contributed by atoms with Crippen LogP contribution in [0.3, 0.4) is 0 Å². The van der Waals surface area contributed by atoms with Gasteiger partial charge in [-0.1, -0.05) is 0 Å². The molecule has 2 aromatic heterocycles. The Hall–Kier alpha value is -4.20. The first-order valence-electron chi connectivity index (χ1n) is 9.53. The van der Waals surface area contributed by atoms with Gasteiger partial charge in [-0.25, -0.2) is 9.78 Å². The number of aliphatic carboxylic acids is 1. The third-order valence-electron chi connectivity index (χ3n) is 4.18. The third-order valence-corrected chi connectivity index (χ3v) is 4.18. The SMILES string of the molecule is CN(C)C(=O)[C@H](O)CNC(=O)c1cccnc1Nc1ccc2[nH]ncc2c1.O=C(O)C(F)(F)F. The second kappa shape index (κ2) is 11.1. The number of benzene rings is 1. The predicted molar refractivity (Wildman–Crippen MR) is 114 cm³/mol. The van der Waals surface area contributed by atoms with Crippen molar-refractivity contribution in [2.24, 2.45) is 0 Å². The molecule has 0 bridgehead atoms. The molecule has 0 aliphatic carbocycles. The Morgan fingerprint density at radius 3 is 2.50 bits per heavy atom. The topological polar surface area (TPSA) is 161 Å². The van der Waals surface area contributed by atoms with Crippen LogP contribution in [0, 0.1) is 0 Å². The highest BCUT2D eigenvalue weighted by atomic mass is 19.4. The summed E-state index contributed by atoms with van der Waals surface area (Å²) in [6, 6.07) is 8.85. The fraction of sp³-hybridized carbons (Fsp3) is 0.250. The van der Waals surface area contributed by atoms with Gasteiger partial charge in [0.25, 0.3) is 11.8 Å². The molecule has 3 rings (SSSR count). The number of carbonyl (C=O) groups excluding carboxylic acids is 2. The van der Waals surface area contributed by atoms with E-state index < -0.39 is 30.1 Å². The number of hydrogen-bond donors (Lipinski definition) is 5. The highest BCUT2D eigenvalue weighted by Gasteiger charge is 2.38. The van der Waals surface area contributed by atoms with Crippen molar-refractivity contribution in [3.8, 4) is 0 Å². The van der Waals surface area contributed by atoms with Crippen molar-refractivity contribution >= 4 is 40.2 Å². The van der Waals surface area contributed by atoms with E-state index in [1.54, 1.807) is 24.5 Å². The predicted octanol–water partition coefficient (Wildman–Crippen LogP) is 1.51. The number of fused-ring (bicyclic) bond motifs is 1. The van der Waals surface area contributed by atoms with Crippen molar-refractivity contribution in [3.63, 3.8) is 0 Å². The summed E-state index contributed by atoms with van der Waals surface area (Å²) in [7, 11) is 3.07. The highest BCUT2D eigenvalue weighted by molar-refractivity contribution is 5.99. The Bertz CT molecular complexity index is 1160. The number of anilines is 2. The molecule has 11 nitrogen and oxygen atoms in total. The summed E-state index contributed by atoms with van der Waals surface area (Å²) in [6.45, 7) is -0.189. The summed E-state index contributed by atoms with van der Waals surface area (Å²) in [5.41, 5.74) is 1.95. The van der Waals surface area contributed by atoms with Crippen LogP contribution in [0.5, 0.6) is 0 Å². The molecule has 3 aromatic rings. The van der Waals surface area contributed by atoms with Gasteiger partial charge < -0.3 is 25.7 Å². The van der Waals surface area contributed by atoms with Gasteiger partial charge in [-0.15, -0.1) is 0 Å². The molecular weight excluding hydrogens is 461 g/mol. The largest absolute Gasteiger partial charge is 0.490 e. The third kappa shape index (κ3) is 7.16. The van der Waals surface area contributed by atoms with E-state index in [0.717, 1.165) is 16.6 Å². The molecule has 0 saturated heterocycles. The molecule has 34 heavy (non-hydrogen) atoms. The van der Waals surface area contributed by atoms with E-state index in [2.05, 4.69) is 25.8 Å². The van der Waals surface area contributed by atoms with Crippen LogP contribution in [0.4, 0.5) is 24.7 Å². The van der Waals surface area contributed by atoms with Crippen molar-refractivity contribution in [3.05, 3.63) is 48.3 Å². The van der Waals surface area contributed by atoms with E-state index >= 15 is 0 Å². The van der Waals surface area contributed by atoms with Crippen molar-refractivity contribution in [2.75, 3.05) is 26.0 Å². The summed E-state index contributed by atoms with van der Waals surface area (Å²) in [4.78, 5) is 38.5. The number of hydrogen-bond acceptors (Lipinski definition) is 7. The van der Waals surface area contributed by atoms with E-state index in [1.165, 1.54) is 19.0 Å². The van der Waals surface area contributed by atoms with Gasteiger partial charge >= 0.3 is 12.1 Å². The zero-order valence-corrected chi connectivity index (χ0v) is 17.9. The van der Waals surface area contributed by atoms with Crippen molar-refractivity contribution in [2.45, 2.75) is 12.3 Å². The van der Waals surface area contributed by atoms with Gasteiger partial charge in [-0.05, 0) is 30.3 Å². The van der Waals surface area contributed by atoms with Crippen molar-refractivity contribution in [1.82, 2.24) is 25.4 Å². The summed E-state index contributed by atoms with van der Waals surface area (Å²) in [5.74, 6) is -3.31. The maximum absolute atomic E-state index is 12.5. The first kappa shape index (κ1) is 26.1. The standard InChI is InChI=1S/C18H20N6O3.C2HF3O2/c1-24(2)18(27)15(25)10-20-17(26)13-4-3-7-19-16(13)22-12-5-6-14-11(8-12)9-21-23-14;3-2(4,5)1(6)7/h3-9,15,25H,10H2,1-2H3,(H,19,22)(H,20,26)(H,21,23);(H,6,7)/t15-;/m1./s1. The van der Waals surface area contributed by atoms with Gasteiger partial charge in [0.05, 0.1) is 23.8 Å². The van der Waals surface area contributed by atoms with Crippen LogP contribution in [-0.4, -0.2) is 81.0 Å². The Labute approximate surface area is 190 Å². The number of H-pyrrole nitrogens is 1. The van der Waals surface area contributed by atoms with Gasteiger partial charge in [0.2, 0.25) is 0 Å². The molecule has 1 atom stereocenters. The number of amides is 2. The minimum atomic E-state index is -5.08. The highest BCUT2D eigenvalue weighted by Crippen LogP contribution is 2.22. The Kier molecular flexibility index (Phi) is 8.50. The lowest BCUT2D eigenvalue weighted by Crippen LogP contribution is -2.42. The van der Waals surface area contributed by atoms with Crippen LogP contribution < -0.4 is 10.6 Å². The average Bonchev–Trinajstić information content (AvgIpc) is 3.24. The average molecular weight is 482 g/mol. The Balaban J connectivity index is 0.000000509. The number of aliphatic hydroxyl groups excluding tert-OH is 1. The molecule has 0 fully saturated rings. The lowest BCUT2D eigenvalue weighted by atomic mass is 10.2. The molecular formula is C20H21F3N6O5. The molecule has 2 amide bonds. The molecule has 0 radical (unpaired) electrons. The normalized spacial score (nSPS) is 11.7. The van der Waals surface area contributed by atoms with Crippen LogP contribution in [0.25, 0.3) is 10.9 Å². The molecule has 182 valence electrons. The van der Waals surface area contributed by atoms with Gasteiger partial charge in [0.1, 0.15) is 11.9 Å². The first-order chi connectivity index (χ1) is 15.9. The van der Waals surface area contributed by atoms with E-state index in [-0.39, 0.29) is 6.54 Å². The van der Waals surface area contributed by atoms with Gasteiger partial charge in [0.15, 0.2) is 0 Å². The quantitative estimate of drug-likeness (QED) is 0.353. The van der Waals surface area contributed by atoms with Crippen LogP contribution >= 0.6 is 0 Å². The Morgan fingerprint density at radius 1 is 1.21 bits per heavy atom. The number of nitrogens with one attached hydrogen (secondary N) is 3. The summed E-state index contributed by atoms with van der Waals surface area (Å²) in [5, 5.41) is 30.4. The molecule has 0 spiro atoms. The lowest BCUT2D eigenvalue weighted by Gasteiger charge is -2.17. The fourth-order valence-electron chi connectivity index (χ4n) is 2.52. The van der Waals surface area contributed by atoms with Gasteiger partial charge in [0, 0.05) is 31.4 Å². The van der Waals surface area contributed by atoms with Crippen LogP contribution in [0.2, 0.25) is 0 Å². The summed E-state index contributed by atoms with van der Waals surface area (Å²) in [6.07, 6.45) is -3.11. The van der Waals surface area contributed by atoms with Crippen molar-refractivity contribution < 1.29 is 37.8 Å². The fourth-order valence-corrected chi connectivity index (χ4v) is 2.52. The zero-order chi connectivity index (χ0) is 25.5.